The fourth-order valence-corrected chi connectivity index (χ4v) is 3.75. The van der Waals surface area contributed by atoms with Gasteiger partial charge in [0.15, 0.2) is 0 Å². The van der Waals surface area contributed by atoms with Gasteiger partial charge in [-0.15, -0.1) is 0 Å². The van der Waals surface area contributed by atoms with E-state index in [0.29, 0.717) is 17.9 Å². The molecule has 2 aromatic rings. The molecule has 0 saturated carbocycles. The summed E-state index contributed by atoms with van der Waals surface area (Å²) < 4.78 is 5.41. The minimum absolute atomic E-state index is 0.0457. The second-order valence-corrected chi connectivity index (χ2v) is 6.93. The normalized spacial score (nSPS) is 21.5. The largest absolute Gasteiger partial charge is 0.368 e. The average Bonchev–Trinajstić information content (AvgIpc) is 3.28. The van der Waals surface area contributed by atoms with Crippen molar-refractivity contribution < 1.29 is 14.3 Å². The number of hydrogen-bond acceptors (Lipinski definition) is 3. The van der Waals surface area contributed by atoms with Gasteiger partial charge < -0.3 is 15.0 Å². The zero-order valence-electron chi connectivity index (χ0n) is 14.8. The van der Waals surface area contributed by atoms with Crippen molar-refractivity contribution in [3.8, 4) is 0 Å². The molecule has 4 rings (SSSR count). The molecule has 2 aromatic carbocycles. The first-order chi connectivity index (χ1) is 12.6. The molecule has 0 aromatic heterocycles. The summed E-state index contributed by atoms with van der Waals surface area (Å²) in [7, 11) is 0. The van der Waals surface area contributed by atoms with E-state index in [1.165, 1.54) is 5.56 Å². The van der Waals surface area contributed by atoms with Gasteiger partial charge in [-0.25, -0.2) is 0 Å². The molecule has 5 heteroatoms. The smallest absolute Gasteiger partial charge is 0.258 e. The van der Waals surface area contributed by atoms with Crippen LogP contribution in [0.2, 0.25) is 0 Å². The quantitative estimate of drug-likeness (QED) is 0.923. The average molecular weight is 350 g/mol. The maximum atomic E-state index is 13.1. The Morgan fingerprint density at radius 2 is 2.00 bits per heavy atom. The first-order valence-corrected chi connectivity index (χ1v) is 9.07. The Balaban J connectivity index is 1.54. The van der Waals surface area contributed by atoms with Crippen LogP contribution in [0.25, 0.3) is 0 Å². The number of carbonyl (C=O) groups excluding carboxylic acids is 2. The minimum Gasteiger partial charge on any atom is -0.368 e. The van der Waals surface area contributed by atoms with Crippen molar-refractivity contribution in [2.75, 3.05) is 16.8 Å². The zero-order valence-corrected chi connectivity index (χ0v) is 14.8. The molecule has 1 fully saturated rings. The molecule has 0 aliphatic carbocycles. The van der Waals surface area contributed by atoms with Gasteiger partial charge in [0.1, 0.15) is 6.10 Å². The SMILES string of the molecule is C[C@H]1Cc2ccccc2N1C(=O)c1cccc(NC(=O)[C@H]2CCCO2)c1. The van der Waals surface area contributed by atoms with Crippen molar-refractivity contribution in [1.29, 1.82) is 0 Å². The summed E-state index contributed by atoms with van der Waals surface area (Å²) in [6.07, 6.45) is 2.12. The van der Waals surface area contributed by atoms with Crippen LogP contribution in [0.5, 0.6) is 0 Å². The van der Waals surface area contributed by atoms with E-state index in [0.717, 1.165) is 24.9 Å². The Bertz CT molecular complexity index is 843. The molecule has 0 unspecified atom stereocenters. The Morgan fingerprint density at radius 1 is 1.15 bits per heavy atom. The van der Waals surface area contributed by atoms with Crippen LogP contribution in [-0.4, -0.2) is 30.6 Å². The minimum atomic E-state index is -0.389. The van der Waals surface area contributed by atoms with Crippen LogP contribution in [0.15, 0.2) is 48.5 Å². The van der Waals surface area contributed by atoms with Crippen molar-refractivity contribution in [2.24, 2.45) is 0 Å². The van der Waals surface area contributed by atoms with Crippen molar-refractivity contribution in [3.05, 3.63) is 59.7 Å². The Kier molecular flexibility index (Phi) is 4.47. The Hall–Kier alpha value is -2.66. The number of benzene rings is 2. The molecule has 2 atom stereocenters. The highest BCUT2D eigenvalue weighted by molar-refractivity contribution is 6.08. The number of rotatable bonds is 3. The van der Waals surface area contributed by atoms with Crippen molar-refractivity contribution in [1.82, 2.24) is 0 Å². The number of nitrogens with one attached hydrogen (secondary N) is 1. The van der Waals surface area contributed by atoms with E-state index in [1.54, 1.807) is 24.3 Å². The van der Waals surface area contributed by atoms with Crippen LogP contribution < -0.4 is 10.2 Å². The number of hydrogen-bond donors (Lipinski definition) is 1. The van der Waals surface area contributed by atoms with Crippen LogP contribution in [0.3, 0.4) is 0 Å². The maximum Gasteiger partial charge on any atom is 0.258 e. The van der Waals surface area contributed by atoms with Gasteiger partial charge in [-0.3, -0.25) is 9.59 Å². The van der Waals surface area contributed by atoms with Gasteiger partial charge in [-0.05, 0) is 56.0 Å². The van der Waals surface area contributed by atoms with Crippen molar-refractivity contribution in [2.45, 2.75) is 38.3 Å². The lowest BCUT2D eigenvalue weighted by Gasteiger charge is -2.23. The molecule has 2 aliphatic rings. The summed E-state index contributed by atoms with van der Waals surface area (Å²) in [6, 6.07) is 15.2. The molecule has 26 heavy (non-hydrogen) atoms. The van der Waals surface area contributed by atoms with Gasteiger partial charge in [-0.1, -0.05) is 24.3 Å². The fraction of sp³-hybridized carbons (Fsp3) is 0.333. The van der Waals surface area contributed by atoms with Gasteiger partial charge in [-0.2, -0.15) is 0 Å². The third-order valence-electron chi connectivity index (χ3n) is 5.03. The summed E-state index contributed by atoms with van der Waals surface area (Å²) in [6.45, 7) is 2.68. The van der Waals surface area contributed by atoms with E-state index in [-0.39, 0.29) is 24.0 Å². The highest BCUT2D eigenvalue weighted by Gasteiger charge is 2.31. The topological polar surface area (TPSA) is 58.6 Å². The van der Waals surface area contributed by atoms with E-state index < -0.39 is 0 Å². The highest BCUT2D eigenvalue weighted by Crippen LogP contribution is 2.33. The van der Waals surface area contributed by atoms with E-state index >= 15 is 0 Å². The molecule has 2 amide bonds. The number of carbonyl (C=O) groups is 2. The lowest BCUT2D eigenvalue weighted by molar-refractivity contribution is -0.124. The second-order valence-electron chi connectivity index (χ2n) is 6.93. The number of para-hydroxylation sites is 1. The van der Waals surface area contributed by atoms with Gasteiger partial charge in [0.25, 0.3) is 11.8 Å². The van der Waals surface area contributed by atoms with E-state index in [4.69, 9.17) is 4.74 Å². The van der Waals surface area contributed by atoms with Gasteiger partial charge in [0.2, 0.25) is 0 Å². The van der Waals surface area contributed by atoms with E-state index in [2.05, 4.69) is 18.3 Å². The van der Waals surface area contributed by atoms with Crippen LogP contribution in [0.1, 0.15) is 35.7 Å². The van der Waals surface area contributed by atoms with Crippen LogP contribution in [-0.2, 0) is 16.0 Å². The summed E-state index contributed by atoms with van der Waals surface area (Å²) in [4.78, 5) is 27.2. The summed E-state index contributed by atoms with van der Waals surface area (Å²) in [5.74, 6) is -0.192. The zero-order chi connectivity index (χ0) is 18.1. The number of amides is 2. The van der Waals surface area contributed by atoms with Gasteiger partial charge in [0.05, 0.1) is 0 Å². The molecule has 5 nitrogen and oxygen atoms in total. The summed E-state index contributed by atoms with van der Waals surface area (Å²) in [5.41, 5.74) is 3.35. The molecular weight excluding hydrogens is 328 g/mol. The standard InChI is InChI=1S/C21H22N2O3/c1-14-12-15-6-2-3-9-18(15)23(14)21(25)16-7-4-8-17(13-16)22-20(24)19-10-5-11-26-19/h2-4,6-9,13-14,19H,5,10-12H2,1H3,(H,22,24)/t14-,19+/m0/s1. The first kappa shape index (κ1) is 16.8. The molecule has 1 saturated heterocycles. The molecule has 1 N–H and O–H groups in total. The summed E-state index contributed by atoms with van der Waals surface area (Å²) in [5, 5.41) is 2.87. The molecule has 2 heterocycles. The van der Waals surface area contributed by atoms with Crippen LogP contribution >= 0.6 is 0 Å². The third-order valence-corrected chi connectivity index (χ3v) is 5.03. The van der Waals surface area contributed by atoms with E-state index in [9.17, 15) is 9.59 Å². The molecular formula is C21H22N2O3. The maximum absolute atomic E-state index is 13.1. The van der Waals surface area contributed by atoms with Crippen molar-refractivity contribution in [3.63, 3.8) is 0 Å². The number of fused-ring (bicyclic) bond motifs is 1. The van der Waals surface area contributed by atoms with E-state index in [1.807, 2.05) is 23.1 Å². The number of nitrogens with zero attached hydrogens (tertiary/aromatic N) is 1. The molecule has 134 valence electrons. The predicted octanol–water partition coefficient (Wildman–Crippen LogP) is 3.40. The first-order valence-electron chi connectivity index (χ1n) is 9.07. The van der Waals surface area contributed by atoms with Crippen molar-refractivity contribution >= 4 is 23.2 Å². The molecule has 2 aliphatic heterocycles. The third kappa shape index (κ3) is 3.10. The number of anilines is 2. The summed E-state index contributed by atoms with van der Waals surface area (Å²) >= 11 is 0. The molecule has 0 spiro atoms. The monoisotopic (exact) mass is 350 g/mol. The van der Waals surface area contributed by atoms with Gasteiger partial charge >= 0.3 is 0 Å². The Labute approximate surface area is 153 Å². The second kappa shape index (κ2) is 6.92. The fourth-order valence-electron chi connectivity index (χ4n) is 3.75. The van der Waals surface area contributed by atoms with Gasteiger partial charge in [0, 0.05) is 29.6 Å². The lowest BCUT2D eigenvalue weighted by Crippen LogP contribution is -2.35. The lowest BCUT2D eigenvalue weighted by atomic mass is 10.1. The molecule has 0 bridgehead atoms. The Morgan fingerprint density at radius 3 is 2.81 bits per heavy atom. The molecule has 0 radical (unpaired) electrons. The van der Waals surface area contributed by atoms with Crippen LogP contribution in [0, 0.1) is 0 Å². The highest BCUT2D eigenvalue weighted by atomic mass is 16.5. The number of ether oxygens (including phenoxy) is 1. The predicted molar refractivity (Wildman–Crippen MR) is 100 cm³/mol. The van der Waals surface area contributed by atoms with Crippen LogP contribution in [0.4, 0.5) is 11.4 Å².